The number of halogens is 1. The summed E-state index contributed by atoms with van der Waals surface area (Å²) in [6.45, 7) is 0. The first-order valence-corrected chi connectivity index (χ1v) is 10.5. The van der Waals surface area contributed by atoms with E-state index >= 15 is 0 Å². The van der Waals surface area contributed by atoms with Crippen molar-refractivity contribution in [2.45, 2.75) is 47.4 Å². The summed E-state index contributed by atoms with van der Waals surface area (Å²) < 4.78 is 0.918. The Morgan fingerprint density at radius 2 is 1.88 bits per heavy atom. The predicted molar refractivity (Wildman–Crippen MR) is 108 cm³/mol. The summed E-state index contributed by atoms with van der Waals surface area (Å²) in [6.07, 6.45) is 5.51. The lowest BCUT2D eigenvalue weighted by Crippen LogP contribution is -2.48. The van der Waals surface area contributed by atoms with Gasteiger partial charge in [-0.15, -0.1) is 22.6 Å². The summed E-state index contributed by atoms with van der Waals surface area (Å²) in [5.74, 6) is 1.29. The highest BCUT2D eigenvalue weighted by molar-refractivity contribution is 8.01. The monoisotopic (exact) mass is 410 g/mol. The minimum atomic E-state index is 0. The van der Waals surface area contributed by atoms with Crippen LogP contribution >= 0.6 is 35.5 Å². The summed E-state index contributed by atoms with van der Waals surface area (Å²) >= 11 is 3.10. The van der Waals surface area contributed by atoms with Crippen LogP contribution in [0.2, 0.25) is 0 Å². The number of carbonyl (C=O) groups is 1. The van der Waals surface area contributed by atoms with E-state index in [2.05, 4.69) is 15.5 Å². The molecule has 140 valence electrons. The zero-order chi connectivity index (χ0) is 17.2. The molecule has 0 saturated heterocycles. The molecule has 1 aromatic heterocycles. The van der Waals surface area contributed by atoms with Gasteiger partial charge in [0.25, 0.3) is 0 Å². The molecule has 0 spiro atoms. The third kappa shape index (κ3) is 4.39. The molecular formula is C18H23ClN4OS2. The van der Waals surface area contributed by atoms with Gasteiger partial charge >= 0.3 is 0 Å². The maximum Gasteiger partial charge on any atom is 0.227 e. The van der Waals surface area contributed by atoms with E-state index in [1.807, 2.05) is 24.3 Å². The first kappa shape index (κ1) is 19.6. The first-order valence-electron chi connectivity index (χ1n) is 8.79. The Morgan fingerprint density at radius 3 is 2.50 bits per heavy atom. The fraction of sp³-hybridized carbons (Fsp3) is 0.500. The van der Waals surface area contributed by atoms with E-state index in [4.69, 9.17) is 5.73 Å². The molecule has 1 heterocycles. The average Bonchev–Trinajstić information content (AvgIpc) is 3.09. The van der Waals surface area contributed by atoms with Crippen molar-refractivity contribution in [3.05, 3.63) is 29.8 Å². The third-order valence-electron chi connectivity index (χ3n) is 5.45. The van der Waals surface area contributed by atoms with Gasteiger partial charge in [-0.3, -0.25) is 4.79 Å². The molecule has 26 heavy (non-hydrogen) atoms. The van der Waals surface area contributed by atoms with Crippen molar-refractivity contribution in [1.82, 2.24) is 10.2 Å². The molecule has 2 fully saturated rings. The highest BCUT2D eigenvalue weighted by atomic mass is 35.5. The highest BCUT2D eigenvalue weighted by Gasteiger charge is 2.40. The Balaban J connectivity index is 0.00000196. The second kappa shape index (κ2) is 8.69. The molecule has 4 rings (SSSR count). The lowest BCUT2D eigenvalue weighted by Gasteiger charge is -2.43. The van der Waals surface area contributed by atoms with Crippen LogP contribution in [0, 0.1) is 17.8 Å². The van der Waals surface area contributed by atoms with Gasteiger partial charge in [0.2, 0.25) is 5.91 Å². The summed E-state index contributed by atoms with van der Waals surface area (Å²) in [5, 5.41) is 11.0. The van der Waals surface area contributed by atoms with E-state index < -0.39 is 0 Å². The molecule has 8 heteroatoms. The lowest BCUT2D eigenvalue weighted by molar-refractivity contribution is -0.122. The molecule has 0 radical (unpaired) electrons. The van der Waals surface area contributed by atoms with Crippen LogP contribution in [0.15, 0.2) is 39.0 Å². The third-order valence-corrected chi connectivity index (χ3v) is 7.24. The molecular weight excluding hydrogens is 388 g/mol. The number of hydrogen-bond donors (Lipinski definition) is 2. The minimum absolute atomic E-state index is 0. The maximum absolute atomic E-state index is 12.7. The number of nitrogens with one attached hydrogen (secondary N) is 1. The number of nitrogens with zero attached hydrogens (tertiary/aromatic N) is 2. The summed E-state index contributed by atoms with van der Waals surface area (Å²) in [7, 11) is 0. The molecule has 0 aliphatic heterocycles. The summed E-state index contributed by atoms with van der Waals surface area (Å²) in [5.41, 5.74) is 8.91. The Bertz CT molecular complexity index is 711. The molecule has 2 aromatic rings. The number of hydrogen-bond acceptors (Lipinski definition) is 6. The van der Waals surface area contributed by atoms with Crippen molar-refractivity contribution in [1.29, 1.82) is 0 Å². The fourth-order valence-corrected chi connectivity index (χ4v) is 5.61. The summed E-state index contributed by atoms with van der Waals surface area (Å²) in [6, 6.07) is 8.22. The van der Waals surface area contributed by atoms with E-state index in [1.165, 1.54) is 30.6 Å². The molecule has 2 bridgehead atoms. The molecule has 1 amide bonds. The lowest BCUT2D eigenvalue weighted by atomic mass is 9.65. The van der Waals surface area contributed by atoms with E-state index in [1.54, 1.807) is 17.3 Å². The van der Waals surface area contributed by atoms with Gasteiger partial charge in [0.15, 0.2) is 4.34 Å². The number of aromatic nitrogens is 2. The van der Waals surface area contributed by atoms with Crippen molar-refractivity contribution in [2.24, 2.45) is 23.5 Å². The zero-order valence-electron chi connectivity index (χ0n) is 14.3. The number of nitrogens with two attached hydrogens (primary N) is 1. The van der Waals surface area contributed by atoms with Crippen LogP contribution in [0.4, 0.5) is 5.69 Å². The van der Waals surface area contributed by atoms with Crippen molar-refractivity contribution < 1.29 is 4.79 Å². The van der Waals surface area contributed by atoms with Gasteiger partial charge in [-0.25, -0.2) is 0 Å². The molecule has 5 nitrogen and oxygen atoms in total. The van der Waals surface area contributed by atoms with Crippen LogP contribution in [-0.2, 0) is 4.79 Å². The SMILES string of the molecule is Cl.NC1C2CCCC1CC(C(=O)Nc1ccc(Sc3nncs3)cc1)C2. The molecule has 2 atom stereocenters. The van der Waals surface area contributed by atoms with Crippen molar-refractivity contribution in [3.8, 4) is 0 Å². The molecule has 1 aromatic carbocycles. The number of carbonyl (C=O) groups excluding carboxylic acids is 1. The highest BCUT2D eigenvalue weighted by Crippen LogP contribution is 2.42. The van der Waals surface area contributed by atoms with Crippen LogP contribution in [0.25, 0.3) is 0 Å². The number of benzene rings is 1. The number of amides is 1. The quantitative estimate of drug-likeness (QED) is 0.789. The van der Waals surface area contributed by atoms with Crippen molar-refractivity contribution in [3.63, 3.8) is 0 Å². The van der Waals surface area contributed by atoms with Crippen LogP contribution in [0.5, 0.6) is 0 Å². The van der Waals surface area contributed by atoms with Gasteiger partial charge in [-0.05, 0) is 61.8 Å². The second-order valence-corrected chi connectivity index (χ2v) is 9.17. The summed E-state index contributed by atoms with van der Waals surface area (Å²) in [4.78, 5) is 13.8. The minimum Gasteiger partial charge on any atom is -0.327 e. The van der Waals surface area contributed by atoms with Gasteiger partial charge in [0.05, 0.1) is 0 Å². The largest absolute Gasteiger partial charge is 0.327 e. The molecule has 2 aliphatic carbocycles. The smallest absolute Gasteiger partial charge is 0.227 e. The average molecular weight is 411 g/mol. The predicted octanol–water partition coefficient (Wildman–Crippen LogP) is 4.20. The van der Waals surface area contributed by atoms with Crippen LogP contribution in [0.3, 0.4) is 0 Å². The van der Waals surface area contributed by atoms with Gasteiger partial charge in [0.1, 0.15) is 5.51 Å². The Hall–Kier alpha value is -1.15. The van der Waals surface area contributed by atoms with Gasteiger partial charge < -0.3 is 11.1 Å². The Morgan fingerprint density at radius 1 is 1.19 bits per heavy atom. The number of rotatable bonds is 4. The standard InChI is InChI=1S/C18H22N4OS2.ClH/c19-16-11-2-1-3-12(16)9-13(8-11)17(23)21-14-4-6-15(7-5-14)25-18-22-20-10-24-18;/h4-7,10-13,16H,1-3,8-9,19H2,(H,21,23);1H. The topological polar surface area (TPSA) is 80.9 Å². The molecule has 3 N–H and O–H groups in total. The van der Waals surface area contributed by atoms with Crippen molar-refractivity contribution in [2.75, 3.05) is 5.32 Å². The van der Waals surface area contributed by atoms with Crippen LogP contribution in [-0.4, -0.2) is 22.1 Å². The van der Waals surface area contributed by atoms with E-state index in [-0.39, 0.29) is 24.2 Å². The van der Waals surface area contributed by atoms with Gasteiger partial charge in [-0.1, -0.05) is 29.5 Å². The maximum atomic E-state index is 12.7. The van der Waals surface area contributed by atoms with E-state index in [0.29, 0.717) is 17.9 Å². The normalized spacial score (nSPS) is 27.4. The van der Waals surface area contributed by atoms with Gasteiger partial charge in [0, 0.05) is 22.5 Å². The first-order chi connectivity index (χ1) is 12.2. The number of fused-ring (bicyclic) bond motifs is 2. The Labute approximate surface area is 168 Å². The van der Waals surface area contributed by atoms with E-state index in [0.717, 1.165) is 27.8 Å². The number of anilines is 1. The zero-order valence-corrected chi connectivity index (χ0v) is 16.8. The van der Waals surface area contributed by atoms with Crippen LogP contribution in [0.1, 0.15) is 32.1 Å². The molecule has 2 saturated carbocycles. The fourth-order valence-electron chi connectivity index (χ4n) is 4.16. The van der Waals surface area contributed by atoms with Crippen LogP contribution < -0.4 is 11.1 Å². The Kier molecular flexibility index (Phi) is 6.55. The second-order valence-electron chi connectivity index (χ2n) is 7.02. The van der Waals surface area contributed by atoms with E-state index in [9.17, 15) is 4.79 Å². The molecule has 2 unspecified atom stereocenters. The molecule has 2 aliphatic rings. The van der Waals surface area contributed by atoms with Crippen molar-refractivity contribution >= 4 is 47.1 Å². The van der Waals surface area contributed by atoms with Gasteiger partial charge in [-0.2, -0.15) is 0 Å².